The molecule has 0 fully saturated rings. The van der Waals surface area contributed by atoms with Crippen LogP contribution >= 0.6 is 15.9 Å². The normalized spacial score (nSPS) is 11.6. The fourth-order valence-corrected chi connectivity index (χ4v) is 3.41. The number of nitrogens with zero attached hydrogens (tertiary/aromatic N) is 5. The Morgan fingerprint density at radius 2 is 2.03 bits per heavy atom. The fraction of sp³-hybridized carbons (Fsp3) is 0.350. The largest absolute Gasteiger partial charge is 0.481 e. The number of hydrogen-bond donors (Lipinski definition) is 2. The molecule has 3 aromatic rings. The van der Waals surface area contributed by atoms with Crippen LogP contribution in [0.1, 0.15) is 34.8 Å². The molecule has 0 bridgehead atoms. The topological polar surface area (TPSA) is 167 Å². The number of carbonyl (C=O) groups is 2. The van der Waals surface area contributed by atoms with Gasteiger partial charge in [-0.1, -0.05) is 27.2 Å². The van der Waals surface area contributed by atoms with Gasteiger partial charge in [0, 0.05) is 17.6 Å². The van der Waals surface area contributed by atoms with Crippen LogP contribution in [0, 0.1) is 24.0 Å². The summed E-state index contributed by atoms with van der Waals surface area (Å²) in [6, 6.07) is 7.13. The maximum absolute atomic E-state index is 12.2. The smallest absolute Gasteiger partial charge is 0.316 e. The van der Waals surface area contributed by atoms with Crippen molar-refractivity contribution in [3.8, 4) is 5.75 Å². The average molecular weight is 536 g/mol. The van der Waals surface area contributed by atoms with Crippen LogP contribution in [0.25, 0.3) is 0 Å². The van der Waals surface area contributed by atoms with E-state index in [1.165, 1.54) is 11.6 Å². The van der Waals surface area contributed by atoms with Gasteiger partial charge in [0.1, 0.15) is 23.7 Å². The molecule has 0 radical (unpaired) electrons. The van der Waals surface area contributed by atoms with Crippen LogP contribution in [0.2, 0.25) is 0 Å². The van der Waals surface area contributed by atoms with E-state index in [4.69, 9.17) is 9.26 Å². The second-order valence-electron chi connectivity index (χ2n) is 7.21. The van der Waals surface area contributed by atoms with Gasteiger partial charge < -0.3 is 19.9 Å². The summed E-state index contributed by atoms with van der Waals surface area (Å²) >= 11 is 3.34. The Morgan fingerprint density at radius 3 is 2.71 bits per heavy atom. The number of ether oxygens (including phenoxy) is 1. The summed E-state index contributed by atoms with van der Waals surface area (Å²) in [6.45, 7) is 4.99. The summed E-state index contributed by atoms with van der Waals surface area (Å²) in [7, 11) is 0. The molecule has 0 aliphatic rings. The first-order valence-electron chi connectivity index (χ1n) is 10.1. The van der Waals surface area contributed by atoms with Crippen molar-refractivity contribution in [2.75, 3.05) is 13.1 Å². The quantitative estimate of drug-likeness (QED) is 0.223. The zero-order chi connectivity index (χ0) is 24.8. The lowest BCUT2D eigenvalue weighted by Gasteiger charge is -2.15. The molecule has 1 aromatic carbocycles. The highest BCUT2D eigenvalue weighted by molar-refractivity contribution is 9.10. The van der Waals surface area contributed by atoms with Crippen LogP contribution in [0.5, 0.6) is 5.75 Å². The number of carbonyl (C=O) groups excluding carboxylic acids is 2. The molecule has 13 nitrogen and oxygen atoms in total. The Labute approximate surface area is 202 Å². The third kappa shape index (κ3) is 6.15. The van der Waals surface area contributed by atoms with Gasteiger partial charge in [0.25, 0.3) is 5.91 Å². The van der Waals surface area contributed by atoms with Gasteiger partial charge in [0.2, 0.25) is 0 Å². The molecule has 180 valence electrons. The Bertz CT molecular complexity index is 1210. The number of hydrogen-bond acceptors (Lipinski definition) is 9. The van der Waals surface area contributed by atoms with Gasteiger partial charge in [-0.25, -0.2) is 0 Å². The maximum Gasteiger partial charge on any atom is 0.316 e. The lowest BCUT2D eigenvalue weighted by molar-refractivity contribution is -0.386. The molecule has 14 heteroatoms. The van der Waals surface area contributed by atoms with Gasteiger partial charge >= 0.3 is 17.5 Å². The zero-order valence-electron chi connectivity index (χ0n) is 18.6. The molecular formula is C20H22BrN7O6. The molecule has 34 heavy (non-hydrogen) atoms. The van der Waals surface area contributed by atoms with E-state index in [0.29, 0.717) is 11.4 Å². The molecule has 1 unspecified atom stereocenters. The Hall–Kier alpha value is -3.81. The first-order valence-corrected chi connectivity index (χ1v) is 10.9. The molecule has 0 spiro atoms. The molecule has 2 aromatic heterocycles. The van der Waals surface area contributed by atoms with E-state index in [9.17, 15) is 19.7 Å². The predicted molar refractivity (Wildman–Crippen MR) is 121 cm³/mol. The minimum Gasteiger partial charge on any atom is -0.481 e. The van der Waals surface area contributed by atoms with Crippen LogP contribution in [0.15, 0.2) is 33.3 Å². The van der Waals surface area contributed by atoms with Gasteiger partial charge in [0.05, 0.1) is 4.92 Å². The fourth-order valence-electron chi connectivity index (χ4n) is 3.03. The second-order valence-corrected chi connectivity index (χ2v) is 8.13. The minimum atomic E-state index is -0.728. The van der Waals surface area contributed by atoms with Crippen molar-refractivity contribution in [1.29, 1.82) is 0 Å². The van der Waals surface area contributed by atoms with Crippen molar-refractivity contribution in [1.82, 2.24) is 30.6 Å². The molecule has 0 aliphatic heterocycles. The first-order chi connectivity index (χ1) is 16.2. The van der Waals surface area contributed by atoms with Gasteiger partial charge in [-0.05, 0) is 39.0 Å². The van der Waals surface area contributed by atoms with Crippen LogP contribution in [-0.4, -0.2) is 55.9 Å². The summed E-state index contributed by atoms with van der Waals surface area (Å²) in [5.74, 6) is -0.548. The van der Waals surface area contributed by atoms with E-state index in [-0.39, 0.29) is 48.6 Å². The minimum absolute atomic E-state index is 0.00320. The average Bonchev–Trinajstić information content (AvgIpc) is 3.35. The molecular weight excluding hydrogens is 514 g/mol. The summed E-state index contributed by atoms with van der Waals surface area (Å²) in [5.41, 5.74) is 0.523. The van der Waals surface area contributed by atoms with Crippen molar-refractivity contribution < 1.29 is 23.8 Å². The first kappa shape index (κ1) is 24.8. The summed E-state index contributed by atoms with van der Waals surface area (Å²) in [5, 5.41) is 24.2. The number of nitro groups is 1. The van der Waals surface area contributed by atoms with Crippen molar-refractivity contribution in [2.45, 2.75) is 33.4 Å². The van der Waals surface area contributed by atoms with Crippen molar-refractivity contribution >= 4 is 33.4 Å². The monoisotopic (exact) mass is 535 g/mol. The lowest BCUT2D eigenvalue weighted by Crippen LogP contribution is -2.40. The summed E-state index contributed by atoms with van der Waals surface area (Å²) < 4.78 is 12.7. The van der Waals surface area contributed by atoms with Gasteiger partial charge in [-0.15, -0.1) is 0 Å². The number of aromatic nitrogens is 4. The van der Waals surface area contributed by atoms with E-state index in [1.54, 1.807) is 32.0 Å². The third-order valence-electron chi connectivity index (χ3n) is 4.67. The maximum atomic E-state index is 12.2. The number of halogens is 1. The lowest BCUT2D eigenvalue weighted by atomic mass is 10.3. The molecule has 0 saturated heterocycles. The van der Waals surface area contributed by atoms with E-state index in [2.05, 4.69) is 41.8 Å². The number of benzene rings is 1. The highest BCUT2D eigenvalue weighted by Crippen LogP contribution is 2.22. The number of rotatable bonds is 10. The number of aryl methyl sites for hydroxylation is 1. The van der Waals surface area contributed by atoms with Crippen molar-refractivity contribution in [3.63, 3.8) is 0 Å². The Balaban J connectivity index is 1.45. The SMILES string of the molecule is Cc1nn(Cc2noc(C(=O)NCCNC(=O)C(C)Oc3cccc(Br)c3)n2)c(C)c1[N+](=O)[O-]. The standard InChI is InChI=1S/C20H22BrN7O6/c1-11-17(28(31)32)12(2)27(25-11)10-16-24-20(34-26-16)19(30)23-8-7-22-18(29)13(3)33-15-6-4-5-14(21)9-15/h4-6,9,13H,7-8,10H2,1-3H3,(H,22,29)(H,23,30). The molecule has 0 aliphatic carbocycles. The van der Waals surface area contributed by atoms with E-state index >= 15 is 0 Å². The third-order valence-corrected chi connectivity index (χ3v) is 5.16. The van der Waals surface area contributed by atoms with Crippen LogP contribution in [0.3, 0.4) is 0 Å². The second kappa shape index (κ2) is 10.9. The highest BCUT2D eigenvalue weighted by atomic mass is 79.9. The molecule has 0 saturated carbocycles. The van der Waals surface area contributed by atoms with Crippen molar-refractivity contribution in [3.05, 3.63) is 62.0 Å². The van der Waals surface area contributed by atoms with Crippen molar-refractivity contribution in [2.24, 2.45) is 0 Å². The molecule has 1 atom stereocenters. The van der Waals surface area contributed by atoms with E-state index in [0.717, 1.165) is 4.47 Å². The number of amides is 2. The van der Waals surface area contributed by atoms with Crippen LogP contribution in [0.4, 0.5) is 5.69 Å². The van der Waals surface area contributed by atoms with E-state index in [1.807, 2.05) is 6.07 Å². The van der Waals surface area contributed by atoms with Crippen LogP contribution in [-0.2, 0) is 11.3 Å². The Morgan fingerprint density at radius 1 is 1.29 bits per heavy atom. The van der Waals surface area contributed by atoms with E-state index < -0.39 is 16.9 Å². The molecule has 3 rings (SSSR count). The van der Waals surface area contributed by atoms with Gasteiger partial charge in [-0.3, -0.25) is 24.4 Å². The zero-order valence-corrected chi connectivity index (χ0v) is 20.2. The Kier molecular flexibility index (Phi) is 7.94. The number of nitrogens with one attached hydrogen (secondary N) is 2. The van der Waals surface area contributed by atoms with Gasteiger partial charge in [-0.2, -0.15) is 10.1 Å². The predicted octanol–water partition coefficient (Wildman–Crippen LogP) is 1.92. The molecule has 2 amide bonds. The summed E-state index contributed by atoms with van der Waals surface area (Å²) in [6.07, 6.45) is -0.728. The highest BCUT2D eigenvalue weighted by Gasteiger charge is 2.23. The summed E-state index contributed by atoms with van der Waals surface area (Å²) in [4.78, 5) is 39.0. The molecule has 2 N–H and O–H groups in total. The van der Waals surface area contributed by atoms with Gasteiger partial charge in [0.15, 0.2) is 11.9 Å². The molecule has 2 heterocycles. The van der Waals surface area contributed by atoms with Crippen LogP contribution < -0.4 is 15.4 Å².